The molecule has 0 radical (unpaired) electrons. The van der Waals surface area contributed by atoms with E-state index in [-0.39, 0.29) is 17.8 Å². The zero-order chi connectivity index (χ0) is 20.2. The van der Waals surface area contributed by atoms with Crippen LogP contribution in [-0.4, -0.2) is 38.5 Å². The number of hydrogen-bond donors (Lipinski definition) is 3. The van der Waals surface area contributed by atoms with Crippen molar-refractivity contribution in [2.45, 2.75) is 38.8 Å². The number of H-pyrrole nitrogens is 1. The van der Waals surface area contributed by atoms with Gasteiger partial charge in [-0.3, -0.25) is 4.79 Å². The third kappa shape index (κ3) is 4.26. The Morgan fingerprint density at radius 1 is 1.31 bits per heavy atom. The van der Waals surface area contributed by atoms with Crippen LogP contribution in [0.3, 0.4) is 0 Å². The lowest BCUT2D eigenvalue weighted by Crippen LogP contribution is -2.42. The molecule has 0 fully saturated rings. The first-order valence-electron chi connectivity index (χ1n) is 10.1. The van der Waals surface area contributed by atoms with Crippen LogP contribution in [0.5, 0.6) is 5.88 Å². The average molecular weight is 390 g/mol. The first-order chi connectivity index (χ1) is 14.1. The van der Waals surface area contributed by atoms with E-state index in [4.69, 9.17) is 0 Å². The van der Waals surface area contributed by atoms with Gasteiger partial charge in [0, 0.05) is 54.4 Å². The summed E-state index contributed by atoms with van der Waals surface area (Å²) < 4.78 is 0. The normalized spacial score (nSPS) is 16.4. The third-order valence-electron chi connectivity index (χ3n) is 5.48. The molecule has 0 spiro atoms. The van der Waals surface area contributed by atoms with Gasteiger partial charge in [0.15, 0.2) is 0 Å². The molecule has 0 bridgehead atoms. The molecule has 0 aliphatic heterocycles. The van der Waals surface area contributed by atoms with Crippen LogP contribution in [0.2, 0.25) is 0 Å². The maximum Gasteiger partial charge on any atom is 0.270 e. The van der Waals surface area contributed by atoms with Gasteiger partial charge in [-0.05, 0) is 43.5 Å². The van der Waals surface area contributed by atoms with Crippen LogP contribution in [0.1, 0.15) is 42.2 Å². The topological polar surface area (TPSA) is 81.2 Å². The van der Waals surface area contributed by atoms with E-state index in [1.54, 1.807) is 12.3 Å². The zero-order valence-electron chi connectivity index (χ0n) is 16.6. The minimum Gasteiger partial charge on any atom is -0.493 e. The Hall–Kier alpha value is -3.28. The van der Waals surface area contributed by atoms with Crippen molar-refractivity contribution in [1.29, 1.82) is 0 Å². The fourth-order valence-electron chi connectivity index (χ4n) is 4.00. The summed E-state index contributed by atoms with van der Waals surface area (Å²) in [5.41, 5.74) is 3.74. The highest BCUT2D eigenvalue weighted by atomic mass is 16.3. The molecule has 1 aromatic carbocycles. The van der Waals surface area contributed by atoms with Crippen LogP contribution >= 0.6 is 0 Å². The summed E-state index contributed by atoms with van der Waals surface area (Å²) in [6.07, 6.45) is 6.50. The minimum absolute atomic E-state index is 0.0286. The van der Waals surface area contributed by atoms with E-state index in [1.165, 1.54) is 0 Å². The number of pyridine rings is 1. The third-order valence-corrected chi connectivity index (χ3v) is 5.48. The van der Waals surface area contributed by atoms with Gasteiger partial charge < -0.3 is 20.3 Å². The molecular formula is C23H26N4O2. The lowest BCUT2D eigenvalue weighted by Gasteiger charge is -2.34. The largest absolute Gasteiger partial charge is 0.493 e. The van der Waals surface area contributed by atoms with E-state index in [0.29, 0.717) is 18.8 Å². The van der Waals surface area contributed by atoms with Crippen LogP contribution in [0.15, 0.2) is 60.4 Å². The van der Waals surface area contributed by atoms with Crippen molar-refractivity contribution in [1.82, 2.24) is 20.2 Å². The molecule has 6 nitrogen and oxygen atoms in total. The number of fused-ring (bicyclic) bond motifs is 1. The molecular weight excluding hydrogens is 364 g/mol. The second kappa shape index (κ2) is 8.39. The zero-order valence-corrected chi connectivity index (χ0v) is 16.6. The molecule has 1 aliphatic rings. The van der Waals surface area contributed by atoms with E-state index >= 15 is 0 Å². The number of carbonyl (C=O) groups excluding carboxylic acids is 1. The van der Waals surface area contributed by atoms with E-state index < -0.39 is 0 Å². The van der Waals surface area contributed by atoms with Crippen LogP contribution in [0.25, 0.3) is 10.9 Å². The number of aromatic nitrogens is 2. The van der Waals surface area contributed by atoms with Gasteiger partial charge in [-0.25, -0.2) is 4.98 Å². The fourth-order valence-corrected chi connectivity index (χ4v) is 4.00. The number of hydrogen-bond acceptors (Lipinski definition) is 4. The highest BCUT2D eigenvalue weighted by Gasteiger charge is 2.27. The number of aromatic hydroxyl groups is 1. The maximum atomic E-state index is 13.2. The summed E-state index contributed by atoms with van der Waals surface area (Å²) in [6, 6.07) is 13.6. The summed E-state index contributed by atoms with van der Waals surface area (Å²) in [4.78, 5) is 22.2. The highest BCUT2D eigenvalue weighted by Crippen LogP contribution is 2.24. The summed E-state index contributed by atoms with van der Waals surface area (Å²) in [6.45, 7) is 3.33. The van der Waals surface area contributed by atoms with E-state index in [2.05, 4.69) is 21.4 Å². The van der Waals surface area contributed by atoms with E-state index in [9.17, 15) is 9.90 Å². The Balaban J connectivity index is 1.43. The highest BCUT2D eigenvalue weighted by molar-refractivity contribution is 5.98. The molecule has 0 saturated heterocycles. The van der Waals surface area contributed by atoms with Crippen LogP contribution in [0, 0.1) is 0 Å². The molecule has 1 aliphatic carbocycles. The molecule has 3 N–H and O–H groups in total. The molecule has 6 heteroatoms. The molecule has 1 atom stereocenters. The second-order valence-corrected chi connectivity index (χ2v) is 7.40. The van der Waals surface area contributed by atoms with Gasteiger partial charge in [0.25, 0.3) is 5.91 Å². The Morgan fingerprint density at radius 2 is 2.17 bits per heavy atom. The van der Waals surface area contributed by atoms with Gasteiger partial charge in [-0.2, -0.15) is 0 Å². The molecule has 2 heterocycles. The van der Waals surface area contributed by atoms with Crippen molar-refractivity contribution in [2.24, 2.45) is 0 Å². The van der Waals surface area contributed by atoms with Crippen molar-refractivity contribution < 1.29 is 9.90 Å². The summed E-state index contributed by atoms with van der Waals surface area (Å²) in [5.74, 6) is 0.0786. The molecule has 1 amide bonds. The number of carbonyl (C=O) groups is 1. The predicted octanol–water partition coefficient (Wildman–Crippen LogP) is 3.96. The molecule has 3 aromatic rings. The van der Waals surface area contributed by atoms with Gasteiger partial charge in [-0.15, -0.1) is 0 Å². The predicted molar refractivity (Wildman–Crippen MR) is 113 cm³/mol. The Kier molecular flexibility index (Phi) is 5.51. The second-order valence-electron chi connectivity index (χ2n) is 7.40. The number of para-hydroxylation sites is 1. The number of rotatable bonds is 6. The monoisotopic (exact) mass is 390 g/mol. The summed E-state index contributed by atoms with van der Waals surface area (Å²) in [7, 11) is 0. The van der Waals surface area contributed by atoms with Gasteiger partial charge in [0.05, 0.1) is 0 Å². The van der Waals surface area contributed by atoms with Crippen molar-refractivity contribution in [3.8, 4) is 5.88 Å². The van der Waals surface area contributed by atoms with Crippen molar-refractivity contribution in [3.63, 3.8) is 0 Å². The van der Waals surface area contributed by atoms with Crippen LogP contribution in [0.4, 0.5) is 0 Å². The van der Waals surface area contributed by atoms with E-state index in [1.807, 2.05) is 48.2 Å². The number of nitrogens with one attached hydrogen (secondary N) is 2. The minimum atomic E-state index is 0.0286. The van der Waals surface area contributed by atoms with Gasteiger partial charge in [0.1, 0.15) is 5.69 Å². The molecule has 4 rings (SSSR count). The smallest absolute Gasteiger partial charge is 0.270 e. The maximum absolute atomic E-state index is 13.2. The number of allylic oxidation sites excluding steroid dienone is 1. The van der Waals surface area contributed by atoms with Gasteiger partial charge >= 0.3 is 0 Å². The van der Waals surface area contributed by atoms with Crippen molar-refractivity contribution in [3.05, 3.63) is 71.7 Å². The first-order valence-corrected chi connectivity index (χ1v) is 10.1. The van der Waals surface area contributed by atoms with Gasteiger partial charge in [-0.1, -0.05) is 24.3 Å². The molecule has 0 unspecified atom stereocenters. The lowest BCUT2D eigenvalue weighted by atomic mass is 9.96. The Bertz CT molecular complexity index is 1010. The summed E-state index contributed by atoms with van der Waals surface area (Å²) >= 11 is 0. The fraction of sp³-hybridized carbons (Fsp3) is 0.304. The molecule has 0 saturated carbocycles. The number of amides is 1. The van der Waals surface area contributed by atoms with Crippen LogP contribution < -0.4 is 5.32 Å². The SMILES string of the molecule is CCN(C(=O)c1cc2ccccc2[nH]1)[C@H]1CCC=C(NCc2ccnc(O)c2)C1. The van der Waals surface area contributed by atoms with Crippen molar-refractivity contribution >= 4 is 16.8 Å². The van der Waals surface area contributed by atoms with Crippen molar-refractivity contribution in [2.75, 3.05) is 6.54 Å². The molecule has 29 heavy (non-hydrogen) atoms. The summed E-state index contributed by atoms with van der Waals surface area (Å²) in [5, 5.41) is 14.0. The standard InChI is InChI=1S/C23H26N4O2/c1-2-27(23(29)21-13-17-6-3-4-9-20(17)26-21)19-8-5-7-18(14-19)25-15-16-10-11-24-22(28)12-16/h3-4,6-7,9-13,19,25-26H,2,5,8,14-15H2,1H3,(H,24,28)/t19-/m0/s1. The van der Waals surface area contributed by atoms with Gasteiger partial charge in [0.2, 0.25) is 5.88 Å². The average Bonchev–Trinajstić information content (AvgIpc) is 3.17. The number of aromatic amines is 1. The molecule has 150 valence electrons. The Labute approximate surface area is 170 Å². The molecule has 2 aromatic heterocycles. The number of benzene rings is 1. The first kappa shape index (κ1) is 19.1. The van der Waals surface area contributed by atoms with Crippen LogP contribution in [-0.2, 0) is 6.54 Å². The van der Waals surface area contributed by atoms with E-state index in [0.717, 1.165) is 41.4 Å². The Morgan fingerprint density at radius 3 is 2.97 bits per heavy atom. The lowest BCUT2D eigenvalue weighted by molar-refractivity contribution is 0.0669. The quantitative estimate of drug-likeness (QED) is 0.595. The number of nitrogens with zero attached hydrogens (tertiary/aromatic N) is 2.